The summed E-state index contributed by atoms with van der Waals surface area (Å²) < 4.78 is 58.1. The first kappa shape index (κ1) is 30.7. The quantitative estimate of drug-likeness (QED) is 0.317. The Morgan fingerprint density at radius 2 is 1.89 bits per heavy atom. The second kappa shape index (κ2) is 12.5. The van der Waals surface area contributed by atoms with E-state index in [2.05, 4.69) is 15.0 Å². The molecule has 228 valence electrons. The lowest BCUT2D eigenvalue weighted by atomic mass is 9.87. The van der Waals surface area contributed by atoms with E-state index in [0.29, 0.717) is 0 Å². The average Bonchev–Trinajstić information content (AvgIpc) is 3.36. The van der Waals surface area contributed by atoms with Crippen molar-refractivity contribution in [3.05, 3.63) is 83.0 Å². The third-order valence-electron chi connectivity index (χ3n) is 7.32. The van der Waals surface area contributed by atoms with Crippen LogP contribution >= 0.6 is 11.6 Å². The van der Waals surface area contributed by atoms with Crippen LogP contribution in [-0.4, -0.2) is 47.3 Å². The summed E-state index contributed by atoms with van der Waals surface area (Å²) in [4.78, 5) is 47.8. The fraction of sp³-hybridized carbons (Fsp3) is 0.300. The first-order chi connectivity index (χ1) is 21.0. The van der Waals surface area contributed by atoms with Crippen molar-refractivity contribution in [2.45, 2.75) is 56.3 Å². The molecule has 3 aromatic rings. The van der Waals surface area contributed by atoms with Crippen molar-refractivity contribution in [2.24, 2.45) is 0 Å². The van der Waals surface area contributed by atoms with E-state index in [0.717, 1.165) is 15.9 Å². The van der Waals surface area contributed by atoms with Crippen LogP contribution in [0.3, 0.4) is 0 Å². The zero-order chi connectivity index (χ0) is 31.6. The molecule has 2 heterocycles. The Morgan fingerprint density at radius 1 is 1.14 bits per heavy atom. The maximum absolute atomic E-state index is 14.6. The summed E-state index contributed by atoms with van der Waals surface area (Å²) in [6.45, 7) is -3.20. The number of nitrogens with zero attached hydrogens (tertiary/aromatic N) is 4. The van der Waals surface area contributed by atoms with Crippen molar-refractivity contribution in [1.82, 2.24) is 10.3 Å². The van der Waals surface area contributed by atoms with Gasteiger partial charge in [-0.25, -0.2) is 13.8 Å². The molecular weight excluding hydrogens is 606 g/mol. The molecule has 44 heavy (non-hydrogen) atoms. The molecule has 1 aliphatic heterocycles. The van der Waals surface area contributed by atoms with E-state index >= 15 is 0 Å². The number of ether oxygens (including phenoxy) is 1. The van der Waals surface area contributed by atoms with Crippen LogP contribution in [0.4, 0.5) is 29.1 Å². The Morgan fingerprint density at radius 3 is 2.57 bits per heavy atom. The summed E-state index contributed by atoms with van der Waals surface area (Å²) in [6, 6.07) is 12.1. The third-order valence-corrected chi connectivity index (χ3v) is 7.66. The lowest BCUT2D eigenvalue weighted by Gasteiger charge is -2.39. The largest absolute Gasteiger partial charge is 0.435 e. The van der Waals surface area contributed by atoms with Gasteiger partial charge in [0.1, 0.15) is 23.7 Å². The van der Waals surface area contributed by atoms with Crippen LogP contribution in [0, 0.1) is 11.3 Å². The maximum atomic E-state index is 14.6. The second-order valence-electron chi connectivity index (χ2n) is 10.3. The molecule has 1 saturated heterocycles. The van der Waals surface area contributed by atoms with E-state index in [9.17, 15) is 37.2 Å². The van der Waals surface area contributed by atoms with Crippen LogP contribution in [0.15, 0.2) is 66.9 Å². The minimum Gasteiger partial charge on any atom is -0.435 e. The smallest absolute Gasteiger partial charge is 0.387 e. The number of rotatable bonds is 9. The van der Waals surface area contributed by atoms with Gasteiger partial charge in [0.05, 0.1) is 11.6 Å². The number of nitrogens with one attached hydrogen (secondary N) is 1. The summed E-state index contributed by atoms with van der Waals surface area (Å²) in [6.07, 6.45) is 0.0120. The highest BCUT2D eigenvalue weighted by Gasteiger charge is 2.48. The zero-order valence-electron chi connectivity index (χ0n) is 22.8. The van der Waals surface area contributed by atoms with Gasteiger partial charge >= 0.3 is 6.61 Å². The van der Waals surface area contributed by atoms with Gasteiger partial charge in [0, 0.05) is 53.8 Å². The van der Waals surface area contributed by atoms with Gasteiger partial charge in [-0.15, -0.1) is 0 Å². The molecule has 0 radical (unpaired) electrons. The van der Waals surface area contributed by atoms with Gasteiger partial charge in [-0.05, 0) is 36.8 Å². The fourth-order valence-electron chi connectivity index (χ4n) is 5.34. The van der Waals surface area contributed by atoms with E-state index in [1.54, 1.807) is 12.1 Å². The highest BCUT2D eigenvalue weighted by molar-refractivity contribution is 6.31. The molecule has 5 rings (SSSR count). The van der Waals surface area contributed by atoms with Gasteiger partial charge < -0.3 is 10.1 Å². The SMILES string of the molecule is N#Cc1ccnc(N2C(=O)CC[C@H]2C(=O)N(c2cccc(OC(F)F)c2)[C@H](C(=O)NC2CC(F)(F)C2)c2ccccc2Cl)c1. The number of aromatic nitrogens is 1. The second-order valence-corrected chi connectivity index (χ2v) is 10.7. The number of halogens is 5. The van der Waals surface area contributed by atoms with E-state index < -0.39 is 61.2 Å². The van der Waals surface area contributed by atoms with Crippen molar-refractivity contribution < 1.29 is 36.7 Å². The highest BCUT2D eigenvalue weighted by Crippen LogP contribution is 2.40. The van der Waals surface area contributed by atoms with Crippen LogP contribution in [0.2, 0.25) is 5.02 Å². The number of amides is 3. The number of carbonyl (C=O) groups excluding carboxylic acids is 3. The molecule has 14 heteroatoms. The summed E-state index contributed by atoms with van der Waals surface area (Å²) in [5.74, 6) is -5.40. The molecule has 2 atom stereocenters. The number of nitriles is 1. The molecule has 2 aromatic carbocycles. The third kappa shape index (κ3) is 6.45. The van der Waals surface area contributed by atoms with Gasteiger partial charge in [-0.1, -0.05) is 35.9 Å². The Kier molecular flexibility index (Phi) is 8.73. The highest BCUT2D eigenvalue weighted by atomic mass is 35.5. The summed E-state index contributed by atoms with van der Waals surface area (Å²) in [5, 5.41) is 12.0. The normalized spacial score (nSPS) is 18.3. The first-order valence-corrected chi connectivity index (χ1v) is 13.8. The molecule has 1 N–H and O–H groups in total. The number of hydrogen-bond acceptors (Lipinski definition) is 6. The predicted molar refractivity (Wildman–Crippen MR) is 150 cm³/mol. The summed E-state index contributed by atoms with van der Waals surface area (Å²) >= 11 is 6.50. The van der Waals surface area contributed by atoms with Crippen LogP contribution in [-0.2, 0) is 14.4 Å². The number of hydrogen-bond donors (Lipinski definition) is 1. The number of anilines is 2. The zero-order valence-corrected chi connectivity index (χ0v) is 23.6. The molecule has 1 aromatic heterocycles. The monoisotopic (exact) mass is 629 g/mol. The maximum Gasteiger partial charge on any atom is 0.387 e. The molecule has 0 bridgehead atoms. The summed E-state index contributed by atoms with van der Waals surface area (Å²) in [5.41, 5.74) is 0.233. The van der Waals surface area contributed by atoms with E-state index in [1.165, 1.54) is 48.7 Å². The number of pyridine rings is 1. The molecule has 1 saturated carbocycles. The Balaban J connectivity index is 1.63. The molecule has 9 nitrogen and oxygen atoms in total. The van der Waals surface area contributed by atoms with Crippen LogP contribution < -0.4 is 19.9 Å². The molecule has 2 aliphatic rings. The minimum atomic E-state index is -3.20. The Labute approximate surface area is 254 Å². The number of benzene rings is 2. The topological polar surface area (TPSA) is 116 Å². The van der Waals surface area contributed by atoms with Gasteiger partial charge in [-0.2, -0.15) is 14.0 Å². The molecule has 0 unspecified atom stereocenters. The van der Waals surface area contributed by atoms with Gasteiger partial charge in [0.15, 0.2) is 0 Å². The van der Waals surface area contributed by atoms with Crippen molar-refractivity contribution in [3.8, 4) is 11.8 Å². The van der Waals surface area contributed by atoms with Crippen LogP contribution in [0.25, 0.3) is 0 Å². The molecule has 1 aliphatic carbocycles. The molecular formula is C30H24ClF4N5O4. The average molecular weight is 630 g/mol. The van der Waals surface area contributed by atoms with Gasteiger partial charge in [0.25, 0.3) is 11.8 Å². The van der Waals surface area contributed by atoms with Gasteiger partial charge in [-0.3, -0.25) is 24.2 Å². The van der Waals surface area contributed by atoms with E-state index in [1.807, 2.05) is 6.07 Å². The molecule has 3 amide bonds. The lowest BCUT2D eigenvalue weighted by Crippen LogP contribution is -2.56. The number of carbonyl (C=O) groups is 3. The fourth-order valence-corrected chi connectivity index (χ4v) is 5.58. The van der Waals surface area contributed by atoms with Crippen LogP contribution in [0.5, 0.6) is 5.75 Å². The van der Waals surface area contributed by atoms with Crippen LogP contribution in [0.1, 0.15) is 42.9 Å². The predicted octanol–water partition coefficient (Wildman–Crippen LogP) is 5.39. The molecule has 0 spiro atoms. The van der Waals surface area contributed by atoms with Crippen molar-refractivity contribution in [2.75, 3.05) is 9.80 Å². The standard InChI is InChI=1S/C30H24ClF4N5O4/c31-22-7-2-1-6-21(22)26(27(42)38-18-14-30(34,35)15-18)39(19-4-3-5-20(13-19)44-29(32)33)28(43)23-8-9-25(41)40(23)24-12-17(16-36)10-11-37-24/h1-7,10-13,18,23,26,29H,8-9,14-15H2,(H,38,42)/t23-,26-/m0/s1. The minimum absolute atomic E-state index is 0.00837. The van der Waals surface area contributed by atoms with Crippen molar-refractivity contribution in [1.29, 1.82) is 5.26 Å². The Hall–Kier alpha value is -4.70. The first-order valence-electron chi connectivity index (χ1n) is 13.5. The summed E-state index contributed by atoms with van der Waals surface area (Å²) in [7, 11) is 0. The van der Waals surface area contributed by atoms with Crippen molar-refractivity contribution >= 4 is 40.8 Å². The van der Waals surface area contributed by atoms with Gasteiger partial charge in [0.2, 0.25) is 11.8 Å². The number of alkyl halides is 4. The van der Waals surface area contributed by atoms with E-state index in [-0.39, 0.29) is 46.2 Å². The van der Waals surface area contributed by atoms with E-state index in [4.69, 9.17) is 11.6 Å². The lowest BCUT2D eigenvalue weighted by molar-refractivity contribution is -0.133. The molecule has 2 fully saturated rings. The van der Waals surface area contributed by atoms with Crippen molar-refractivity contribution in [3.63, 3.8) is 0 Å². The Bertz CT molecular complexity index is 1630.